The second kappa shape index (κ2) is 38.6. The summed E-state index contributed by atoms with van der Waals surface area (Å²) in [5, 5.41) is 0. The molecule has 0 saturated heterocycles. The molecule has 14 heteroatoms. The standard InChI is InChI=1S/C30H64N2O12/c1-31(2)5-7-33-9-11-35-13-15-37-17-19-39-21-23-41-25-27-43-29-30-44-28-26-42-24-22-40-20-18-38-16-14-36-12-10-34-8-6-32(3)4/h5-30H2,1-4H3. The van der Waals surface area contributed by atoms with Crippen molar-refractivity contribution in [3.05, 3.63) is 0 Å². The molecule has 266 valence electrons. The lowest BCUT2D eigenvalue weighted by Crippen LogP contribution is -2.19. The van der Waals surface area contributed by atoms with Crippen molar-refractivity contribution in [1.29, 1.82) is 0 Å². The van der Waals surface area contributed by atoms with E-state index in [0.717, 1.165) is 26.3 Å². The molecule has 0 aromatic rings. The molecule has 0 aliphatic carbocycles. The minimum absolute atomic E-state index is 0.517. The summed E-state index contributed by atoms with van der Waals surface area (Å²) < 4.78 is 65.6. The number of likely N-dealkylation sites (N-methyl/N-ethyl adjacent to an activating group) is 2. The third-order valence-corrected chi connectivity index (χ3v) is 5.46. The monoisotopic (exact) mass is 644 g/mol. The van der Waals surface area contributed by atoms with Crippen molar-refractivity contribution < 1.29 is 56.8 Å². The Bertz CT molecular complexity index is 480. The first-order chi connectivity index (χ1) is 21.6. The minimum atomic E-state index is 0.517. The Kier molecular flexibility index (Phi) is 38.1. The van der Waals surface area contributed by atoms with Crippen LogP contribution in [0.25, 0.3) is 0 Å². The Morgan fingerprint density at radius 3 is 0.432 bits per heavy atom. The van der Waals surface area contributed by atoms with Crippen LogP contribution in [0.2, 0.25) is 0 Å². The van der Waals surface area contributed by atoms with E-state index in [1.165, 1.54) is 0 Å². The van der Waals surface area contributed by atoms with Crippen LogP contribution in [0.1, 0.15) is 0 Å². The summed E-state index contributed by atoms with van der Waals surface area (Å²) in [5.41, 5.74) is 0. The van der Waals surface area contributed by atoms with Crippen molar-refractivity contribution in [2.45, 2.75) is 0 Å². The number of nitrogens with zero attached hydrogens (tertiary/aromatic N) is 2. The molecule has 0 spiro atoms. The van der Waals surface area contributed by atoms with Crippen LogP contribution in [0, 0.1) is 0 Å². The molecule has 0 aromatic carbocycles. The predicted molar refractivity (Wildman–Crippen MR) is 167 cm³/mol. The van der Waals surface area contributed by atoms with Crippen LogP contribution >= 0.6 is 0 Å². The highest BCUT2D eigenvalue weighted by Gasteiger charge is 1.97. The second-order valence-electron chi connectivity index (χ2n) is 9.96. The van der Waals surface area contributed by atoms with E-state index in [1.54, 1.807) is 0 Å². The van der Waals surface area contributed by atoms with E-state index >= 15 is 0 Å². The smallest absolute Gasteiger partial charge is 0.0701 e. The van der Waals surface area contributed by atoms with Crippen LogP contribution < -0.4 is 0 Å². The lowest BCUT2D eigenvalue weighted by atomic mass is 10.6. The first-order valence-electron chi connectivity index (χ1n) is 15.8. The normalized spacial score (nSPS) is 11.9. The quantitative estimate of drug-likeness (QED) is 0.0855. The van der Waals surface area contributed by atoms with Crippen molar-refractivity contribution in [3.8, 4) is 0 Å². The van der Waals surface area contributed by atoms with E-state index in [4.69, 9.17) is 56.8 Å². The Morgan fingerprint density at radius 2 is 0.318 bits per heavy atom. The molecular formula is C30H64N2O12. The SMILES string of the molecule is CN(C)CCOCCOCCOCCOCCOCCOCCOCCOCCOCCOCCOCCOCCN(C)C. The highest BCUT2D eigenvalue weighted by atomic mass is 16.6. The van der Waals surface area contributed by atoms with E-state index in [-0.39, 0.29) is 0 Å². The molecule has 0 radical (unpaired) electrons. The van der Waals surface area contributed by atoms with Gasteiger partial charge in [0.2, 0.25) is 0 Å². The van der Waals surface area contributed by atoms with Crippen molar-refractivity contribution in [2.75, 3.05) is 200 Å². The van der Waals surface area contributed by atoms with Gasteiger partial charge in [-0.05, 0) is 28.2 Å². The van der Waals surface area contributed by atoms with Crippen LogP contribution in [0.5, 0.6) is 0 Å². The fourth-order valence-corrected chi connectivity index (χ4v) is 3.02. The van der Waals surface area contributed by atoms with E-state index in [9.17, 15) is 0 Å². The maximum atomic E-state index is 5.48. The topological polar surface area (TPSA) is 117 Å². The van der Waals surface area contributed by atoms with Crippen LogP contribution in [0.3, 0.4) is 0 Å². The van der Waals surface area contributed by atoms with Gasteiger partial charge in [0.05, 0.1) is 159 Å². The lowest BCUT2D eigenvalue weighted by Gasteiger charge is -2.10. The average Bonchev–Trinajstić information content (AvgIpc) is 3.00. The molecule has 0 unspecified atom stereocenters. The molecule has 14 nitrogen and oxygen atoms in total. The average molecular weight is 645 g/mol. The van der Waals surface area contributed by atoms with Gasteiger partial charge in [0, 0.05) is 13.1 Å². The van der Waals surface area contributed by atoms with E-state index in [0.29, 0.717) is 145 Å². The van der Waals surface area contributed by atoms with Crippen LogP contribution in [-0.2, 0) is 56.8 Å². The molecule has 0 N–H and O–H groups in total. The molecule has 0 atom stereocenters. The van der Waals surface area contributed by atoms with Crippen molar-refractivity contribution in [3.63, 3.8) is 0 Å². The van der Waals surface area contributed by atoms with Gasteiger partial charge in [-0.3, -0.25) is 0 Å². The van der Waals surface area contributed by atoms with Gasteiger partial charge in [0.1, 0.15) is 0 Å². The third-order valence-electron chi connectivity index (χ3n) is 5.46. The maximum Gasteiger partial charge on any atom is 0.0701 e. The molecule has 0 aromatic heterocycles. The summed E-state index contributed by atoms with van der Waals surface area (Å²) in [6.45, 7) is 15.2. The van der Waals surface area contributed by atoms with Gasteiger partial charge in [-0.1, -0.05) is 0 Å². The summed E-state index contributed by atoms with van der Waals surface area (Å²) in [6.07, 6.45) is 0. The zero-order valence-corrected chi connectivity index (χ0v) is 28.2. The molecule has 0 heterocycles. The lowest BCUT2D eigenvalue weighted by molar-refractivity contribution is -0.0284. The Labute approximate surface area is 266 Å². The number of ether oxygens (including phenoxy) is 12. The molecular weight excluding hydrogens is 580 g/mol. The van der Waals surface area contributed by atoms with Gasteiger partial charge in [-0.15, -0.1) is 0 Å². The fourth-order valence-electron chi connectivity index (χ4n) is 3.02. The summed E-state index contributed by atoms with van der Waals surface area (Å²) in [6, 6.07) is 0. The maximum absolute atomic E-state index is 5.48. The zero-order chi connectivity index (χ0) is 32.0. The molecule has 0 bridgehead atoms. The summed E-state index contributed by atoms with van der Waals surface area (Å²) in [5.74, 6) is 0. The molecule has 0 aliphatic rings. The molecule has 44 heavy (non-hydrogen) atoms. The molecule has 0 fully saturated rings. The van der Waals surface area contributed by atoms with E-state index in [1.807, 2.05) is 28.2 Å². The summed E-state index contributed by atoms with van der Waals surface area (Å²) in [4.78, 5) is 4.17. The Hall–Kier alpha value is -0.560. The van der Waals surface area contributed by atoms with Gasteiger partial charge in [0.25, 0.3) is 0 Å². The Balaban J connectivity index is 3.04. The van der Waals surface area contributed by atoms with Gasteiger partial charge < -0.3 is 66.6 Å². The van der Waals surface area contributed by atoms with Gasteiger partial charge in [-0.2, -0.15) is 0 Å². The largest absolute Gasteiger partial charge is 0.378 e. The van der Waals surface area contributed by atoms with Crippen LogP contribution in [0.4, 0.5) is 0 Å². The zero-order valence-electron chi connectivity index (χ0n) is 28.2. The number of rotatable bonds is 39. The van der Waals surface area contributed by atoms with E-state index in [2.05, 4.69) is 9.80 Å². The van der Waals surface area contributed by atoms with Crippen molar-refractivity contribution in [1.82, 2.24) is 9.80 Å². The van der Waals surface area contributed by atoms with Gasteiger partial charge >= 0.3 is 0 Å². The number of hydrogen-bond donors (Lipinski definition) is 0. The number of hydrogen-bond acceptors (Lipinski definition) is 14. The van der Waals surface area contributed by atoms with Gasteiger partial charge in [0.15, 0.2) is 0 Å². The molecule has 0 rings (SSSR count). The van der Waals surface area contributed by atoms with Crippen LogP contribution in [0.15, 0.2) is 0 Å². The fraction of sp³-hybridized carbons (Fsp3) is 1.00. The molecule has 0 saturated carbocycles. The molecule has 0 amide bonds. The van der Waals surface area contributed by atoms with Gasteiger partial charge in [-0.25, -0.2) is 0 Å². The third kappa shape index (κ3) is 41.4. The molecule has 0 aliphatic heterocycles. The first kappa shape index (κ1) is 43.4. The first-order valence-corrected chi connectivity index (χ1v) is 15.8. The van der Waals surface area contributed by atoms with Crippen LogP contribution in [-0.4, -0.2) is 210 Å². The highest BCUT2D eigenvalue weighted by Crippen LogP contribution is 1.88. The van der Waals surface area contributed by atoms with E-state index < -0.39 is 0 Å². The van der Waals surface area contributed by atoms with Crippen molar-refractivity contribution >= 4 is 0 Å². The predicted octanol–water partition coefficient (Wildman–Crippen LogP) is 0.309. The Morgan fingerprint density at radius 1 is 0.205 bits per heavy atom. The second-order valence-corrected chi connectivity index (χ2v) is 9.96. The summed E-state index contributed by atoms with van der Waals surface area (Å²) >= 11 is 0. The highest BCUT2D eigenvalue weighted by molar-refractivity contribution is 4.42. The minimum Gasteiger partial charge on any atom is -0.378 e. The van der Waals surface area contributed by atoms with Crippen molar-refractivity contribution in [2.24, 2.45) is 0 Å². The summed E-state index contributed by atoms with van der Waals surface area (Å²) in [7, 11) is 8.08.